The summed E-state index contributed by atoms with van der Waals surface area (Å²) in [5.41, 5.74) is 0. The molecule has 0 radical (unpaired) electrons. The molecule has 2 rings (SSSR count). The van der Waals surface area contributed by atoms with E-state index >= 15 is 0 Å². The fraction of sp³-hybridized carbons (Fsp3) is 0.467. The molecule has 5 heteroatoms. The zero-order valence-corrected chi connectivity index (χ0v) is 12.5. The van der Waals surface area contributed by atoms with E-state index in [0.29, 0.717) is 10.9 Å². The normalized spacial score (nSPS) is 16.1. The molecule has 0 unspecified atom stereocenters. The Labute approximate surface area is 124 Å². The average Bonchev–Trinajstić information content (AvgIpc) is 2.67. The summed E-state index contributed by atoms with van der Waals surface area (Å²) in [6, 6.07) is 3.69. The van der Waals surface area contributed by atoms with Crippen LogP contribution in [0.25, 0.3) is 6.08 Å². The van der Waals surface area contributed by atoms with Crippen molar-refractivity contribution in [2.45, 2.75) is 32.6 Å². The van der Waals surface area contributed by atoms with Crippen LogP contribution in [0.2, 0.25) is 0 Å². The summed E-state index contributed by atoms with van der Waals surface area (Å²) in [4.78, 5) is 13.9. The molecule has 0 aromatic carbocycles. The van der Waals surface area contributed by atoms with Gasteiger partial charge in [0.25, 0.3) is 0 Å². The van der Waals surface area contributed by atoms with Crippen LogP contribution >= 0.6 is 12.2 Å². The first-order valence-electron chi connectivity index (χ1n) is 6.99. The van der Waals surface area contributed by atoms with Crippen molar-refractivity contribution in [2.24, 2.45) is 0 Å². The molecular weight excluding hydrogens is 272 g/mol. The molecule has 108 valence electrons. The lowest BCUT2D eigenvalue weighted by Gasteiger charge is -2.22. The molecule has 1 aromatic rings. The van der Waals surface area contributed by atoms with Crippen LogP contribution in [0.15, 0.2) is 22.6 Å². The van der Waals surface area contributed by atoms with Gasteiger partial charge in [-0.2, -0.15) is 0 Å². The minimum absolute atomic E-state index is 0.215. The van der Waals surface area contributed by atoms with E-state index in [4.69, 9.17) is 16.6 Å². The zero-order chi connectivity index (χ0) is 14.4. The highest BCUT2D eigenvalue weighted by Gasteiger charge is 2.13. The second-order valence-corrected chi connectivity index (χ2v) is 5.36. The Morgan fingerprint density at radius 1 is 1.30 bits per heavy atom. The van der Waals surface area contributed by atoms with Crippen LogP contribution in [0.3, 0.4) is 0 Å². The van der Waals surface area contributed by atoms with E-state index in [1.165, 1.54) is 18.9 Å². The van der Waals surface area contributed by atoms with Crippen LogP contribution in [0.1, 0.15) is 37.2 Å². The molecule has 0 aliphatic carbocycles. The van der Waals surface area contributed by atoms with Gasteiger partial charge in [0, 0.05) is 19.2 Å². The number of thiocarbonyl (C=S) groups is 1. The number of hydrogen-bond donors (Lipinski definition) is 1. The maximum atomic E-state index is 11.8. The van der Waals surface area contributed by atoms with Crippen molar-refractivity contribution in [3.63, 3.8) is 0 Å². The lowest BCUT2D eigenvalue weighted by Crippen LogP contribution is -2.42. The Bertz CT molecular complexity index is 500. The molecule has 1 aliphatic heterocycles. The fourth-order valence-corrected chi connectivity index (χ4v) is 2.48. The SMILES string of the molecule is Cc1ccc(C=CC(=O)NC(=S)N2CCCCCC2)o1. The number of nitrogens with one attached hydrogen (secondary N) is 1. The largest absolute Gasteiger partial charge is 0.462 e. The molecule has 0 saturated carbocycles. The summed E-state index contributed by atoms with van der Waals surface area (Å²) in [6.45, 7) is 3.73. The summed E-state index contributed by atoms with van der Waals surface area (Å²) in [5.74, 6) is 1.27. The first-order chi connectivity index (χ1) is 9.65. The van der Waals surface area contributed by atoms with Crippen LogP contribution in [-0.4, -0.2) is 29.0 Å². The van der Waals surface area contributed by atoms with Gasteiger partial charge >= 0.3 is 0 Å². The zero-order valence-electron chi connectivity index (χ0n) is 11.7. The molecular formula is C15H20N2O2S. The molecule has 1 fully saturated rings. The van der Waals surface area contributed by atoms with Gasteiger partial charge in [0.2, 0.25) is 5.91 Å². The molecule has 2 heterocycles. The lowest BCUT2D eigenvalue weighted by molar-refractivity contribution is -0.115. The van der Waals surface area contributed by atoms with E-state index in [1.807, 2.05) is 19.1 Å². The Kier molecular flexibility index (Phi) is 5.35. The molecule has 0 bridgehead atoms. The summed E-state index contributed by atoms with van der Waals surface area (Å²) >= 11 is 5.28. The summed E-state index contributed by atoms with van der Waals surface area (Å²) < 4.78 is 5.36. The van der Waals surface area contributed by atoms with Gasteiger partial charge in [0.05, 0.1) is 0 Å². The van der Waals surface area contributed by atoms with Crippen LogP contribution in [-0.2, 0) is 4.79 Å². The molecule has 0 spiro atoms. The number of carbonyl (C=O) groups is 1. The van der Waals surface area contributed by atoms with E-state index in [2.05, 4.69) is 10.2 Å². The van der Waals surface area contributed by atoms with Gasteiger partial charge in [-0.05, 0) is 50.2 Å². The van der Waals surface area contributed by atoms with Gasteiger partial charge in [-0.15, -0.1) is 0 Å². The molecule has 1 aliphatic rings. The highest BCUT2D eigenvalue weighted by atomic mass is 32.1. The van der Waals surface area contributed by atoms with Crippen molar-refractivity contribution in [2.75, 3.05) is 13.1 Å². The third kappa shape index (κ3) is 4.49. The molecule has 1 saturated heterocycles. The summed E-state index contributed by atoms with van der Waals surface area (Å²) in [6.07, 6.45) is 7.85. The molecule has 4 nitrogen and oxygen atoms in total. The van der Waals surface area contributed by atoms with Crippen LogP contribution in [0, 0.1) is 6.92 Å². The van der Waals surface area contributed by atoms with Gasteiger partial charge in [-0.25, -0.2) is 0 Å². The summed E-state index contributed by atoms with van der Waals surface area (Å²) in [5, 5.41) is 3.27. The predicted molar refractivity (Wildman–Crippen MR) is 83.3 cm³/mol. The molecule has 1 N–H and O–H groups in total. The third-order valence-corrected chi connectivity index (χ3v) is 3.64. The Balaban J connectivity index is 1.84. The van der Waals surface area contributed by atoms with Crippen molar-refractivity contribution < 1.29 is 9.21 Å². The molecule has 1 aromatic heterocycles. The number of aryl methyl sites for hydroxylation is 1. The number of furan rings is 1. The minimum Gasteiger partial charge on any atom is -0.462 e. The Hall–Kier alpha value is -1.62. The van der Waals surface area contributed by atoms with Crippen molar-refractivity contribution in [1.82, 2.24) is 10.2 Å². The third-order valence-electron chi connectivity index (χ3n) is 3.28. The Morgan fingerprint density at radius 2 is 2.00 bits per heavy atom. The second-order valence-electron chi connectivity index (χ2n) is 4.98. The van der Waals surface area contributed by atoms with Crippen molar-refractivity contribution >= 4 is 29.3 Å². The fourth-order valence-electron chi connectivity index (χ4n) is 2.20. The quantitative estimate of drug-likeness (QED) is 0.672. The number of likely N-dealkylation sites (tertiary alicyclic amines) is 1. The van der Waals surface area contributed by atoms with Crippen molar-refractivity contribution in [3.05, 3.63) is 29.7 Å². The lowest BCUT2D eigenvalue weighted by atomic mass is 10.2. The van der Waals surface area contributed by atoms with E-state index < -0.39 is 0 Å². The molecule has 0 atom stereocenters. The second kappa shape index (κ2) is 7.24. The monoisotopic (exact) mass is 292 g/mol. The van der Waals surface area contributed by atoms with Crippen LogP contribution in [0.4, 0.5) is 0 Å². The van der Waals surface area contributed by atoms with E-state index in [1.54, 1.807) is 6.08 Å². The van der Waals surface area contributed by atoms with E-state index in [-0.39, 0.29) is 5.91 Å². The Morgan fingerprint density at radius 3 is 2.60 bits per heavy atom. The number of hydrogen-bond acceptors (Lipinski definition) is 3. The minimum atomic E-state index is -0.215. The molecule has 20 heavy (non-hydrogen) atoms. The number of carbonyl (C=O) groups excluding carboxylic acids is 1. The first kappa shape index (κ1) is 14.8. The van der Waals surface area contributed by atoms with Crippen LogP contribution in [0.5, 0.6) is 0 Å². The van der Waals surface area contributed by atoms with Gasteiger partial charge in [0.1, 0.15) is 11.5 Å². The maximum absolute atomic E-state index is 11.8. The van der Waals surface area contributed by atoms with Crippen molar-refractivity contribution in [3.8, 4) is 0 Å². The van der Waals surface area contributed by atoms with Gasteiger partial charge in [-0.1, -0.05) is 12.8 Å². The highest BCUT2D eigenvalue weighted by molar-refractivity contribution is 7.80. The maximum Gasteiger partial charge on any atom is 0.250 e. The predicted octanol–water partition coefficient (Wildman–Crippen LogP) is 2.88. The van der Waals surface area contributed by atoms with Crippen LogP contribution < -0.4 is 5.32 Å². The van der Waals surface area contributed by atoms with Crippen molar-refractivity contribution in [1.29, 1.82) is 0 Å². The molecule has 1 amide bonds. The summed E-state index contributed by atoms with van der Waals surface area (Å²) in [7, 11) is 0. The van der Waals surface area contributed by atoms with E-state index in [0.717, 1.165) is 31.7 Å². The van der Waals surface area contributed by atoms with Gasteiger partial charge < -0.3 is 9.32 Å². The van der Waals surface area contributed by atoms with E-state index in [9.17, 15) is 4.79 Å². The first-order valence-corrected chi connectivity index (χ1v) is 7.40. The number of amides is 1. The smallest absolute Gasteiger partial charge is 0.250 e. The van der Waals surface area contributed by atoms with Gasteiger partial charge in [-0.3, -0.25) is 10.1 Å². The standard InChI is InChI=1S/C15H20N2O2S/c1-12-6-7-13(19-12)8-9-14(18)16-15(20)17-10-4-2-3-5-11-17/h6-9H,2-5,10-11H2,1H3,(H,16,18,20). The highest BCUT2D eigenvalue weighted by Crippen LogP contribution is 2.10. The number of rotatable bonds is 2. The topological polar surface area (TPSA) is 45.5 Å². The van der Waals surface area contributed by atoms with Gasteiger partial charge in [0.15, 0.2) is 5.11 Å². The number of nitrogens with zero attached hydrogens (tertiary/aromatic N) is 1. The average molecular weight is 292 g/mol.